The van der Waals surface area contributed by atoms with Crippen molar-refractivity contribution in [1.29, 1.82) is 0 Å². The van der Waals surface area contributed by atoms with Gasteiger partial charge in [0.05, 0.1) is 5.54 Å². The predicted molar refractivity (Wildman–Crippen MR) is 88.9 cm³/mol. The van der Waals surface area contributed by atoms with Crippen molar-refractivity contribution >= 4 is 6.09 Å². The molecule has 1 amide bonds. The normalized spacial score (nSPS) is 17.7. The van der Waals surface area contributed by atoms with Crippen LogP contribution in [0.1, 0.15) is 66.7 Å². The molecule has 0 aromatic heterocycles. The molecule has 5 nitrogen and oxygen atoms in total. The molecule has 0 aromatic rings. The van der Waals surface area contributed by atoms with Gasteiger partial charge in [-0.3, -0.25) is 0 Å². The quantitative estimate of drug-likeness (QED) is 0.644. The lowest BCUT2D eigenvalue weighted by molar-refractivity contribution is 0.0371. The minimum atomic E-state index is -0.473. The van der Waals surface area contributed by atoms with E-state index in [1.165, 1.54) is 0 Å². The van der Waals surface area contributed by atoms with Crippen LogP contribution in [0.3, 0.4) is 0 Å². The summed E-state index contributed by atoms with van der Waals surface area (Å²) >= 11 is 0. The molecule has 1 rings (SSSR count). The van der Waals surface area contributed by atoms with Crippen molar-refractivity contribution in [2.45, 2.75) is 77.9 Å². The second-order valence-corrected chi connectivity index (χ2v) is 7.73. The van der Waals surface area contributed by atoms with Gasteiger partial charge in [0, 0.05) is 25.1 Å². The molecule has 0 radical (unpaired) electrons. The van der Waals surface area contributed by atoms with Crippen LogP contribution < -0.4 is 10.6 Å². The molecule has 0 heterocycles. The number of aliphatic hydroxyl groups is 1. The average Bonchev–Trinajstić information content (AvgIpc) is 2.39. The Hall–Kier alpha value is -0.810. The smallest absolute Gasteiger partial charge is 0.408 e. The van der Waals surface area contributed by atoms with Crippen molar-refractivity contribution in [3.63, 3.8) is 0 Å². The van der Waals surface area contributed by atoms with Crippen molar-refractivity contribution in [3.8, 4) is 0 Å². The summed E-state index contributed by atoms with van der Waals surface area (Å²) in [4.78, 5) is 12.0. The van der Waals surface area contributed by atoms with Gasteiger partial charge in [0.1, 0.15) is 5.60 Å². The number of carbonyl (C=O) groups is 1. The fourth-order valence-electron chi connectivity index (χ4n) is 2.82. The molecule has 5 heteroatoms. The third-order valence-electron chi connectivity index (χ3n) is 4.88. The molecule has 0 atom stereocenters. The lowest BCUT2D eigenvalue weighted by Crippen LogP contribution is -2.60. The summed E-state index contributed by atoms with van der Waals surface area (Å²) in [5.74, 6) is 0. The van der Waals surface area contributed by atoms with E-state index in [-0.39, 0.29) is 23.7 Å². The molecule has 0 unspecified atom stereocenters. The molecule has 3 N–H and O–H groups in total. The summed E-state index contributed by atoms with van der Waals surface area (Å²) in [6.45, 7) is 11.5. The van der Waals surface area contributed by atoms with Gasteiger partial charge in [-0.2, -0.15) is 0 Å². The number of alkyl carbamates (subject to hydrolysis) is 1. The maximum Gasteiger partial charge on any atom is 0.408 e. The van der Waals surface area contributed by atoms with Crippen LogP contribution in [0.5, 0.6) is 0 Å². The van der Waals surface area contributed by atoms with Crippen LogP contribution in [-0.4, -0.2) is 42.0 Å². The standard InChI is InChI=1S/C17H34N2O3/c1-6-16(7-2,13-20)11-18-12-17(9-8-10-17)19-14(21)22-15(3,4)5/h18,20H,6-13H2,1-5H3,(H,19,21). The molecular formula is C17H34N2O3. The molecule has 1 aliphatic carbocycles. The van der Waals surface area contributed by atoms with E-state index in [0.717, 1.165) is 45.2 Å². The Morgan fingerprint density at radius 1 is 1.23 bits per heavy atom. The SMILES string of the molecule is CCC(CC)(CO)CNCC1(NC(=O)OC(C)(C)C)CCC1. The van der Waals surface area contributed by atoms with E-state index in [0.29, 0.717) is 0 Å². The lowest BCUT2D eigenvalue weighted by Gasteiger charge is -2.43. The second-order valence-electron chi connectivity index (χ2n) is 7.73. The van der Waals surface area contributed by atoms with Gasteiger partial charge in [-0.05, 0) is 52.9 Å². The van der Waals surface area contributed by atoms with Gasteiger partial charge in [0.25, 0.3) is 0 Å². The molecule has 22 heavy (non-hydrogen) atoms. The zero-order valence-electron chi connectivity index (χ0n) is 14.9. The van der Waals surface area contributed by atoms with Crippen LogP contribution in [0.2, 0.25) is 0 Å². The summed E-state index contributed by atoms with van der Waals surface area (Å²) in [6.07, 6.45) is 4.63. The van der Waals surface area contributed by atoms with Gasteiger partial charge in [0.2, 0.25) is 0 Å². The Morgan fingerprint density at radius 2 is 1.82 bits per heavy atom. The van der Waals surface area contributed by atoms with Gasteiger partial charge >= 0.3 is 6.09 Å². The molecule has 0 spiro atoms. The zero-order valence-corrected chi connectivity index (χ0v) is 14.9. The zero-order chi connectivity index (χ0) is 16.9. The van der Waals surface area contributed by atoms with Crippen LogP contribution in [0.25, 0.3) is 0 Å². The number of ether oxygens (including phenoxy) is 1. The number of nitrogens with one attached hydrogen (secondary N) is 2. The van der Waals surface area contributed by atoms with E-state index in [1.807, 2.05) is 20.8 Å². The highest BCUT2D eigenvalue weighted by Crippen LogP contribution is 2.32. The van der Waals surface area contributed by atoms with E-state index >= 15 is 0 Å². The van der Waals surface area contributed by atoms with Gasteiger partial charge in [0.15, 0.2) is 0 Å². The number of carbonyl (C=O) groups excluding carboxylic acids is 1. The number of amides is 1. The molecule has 130 valence electrons. The summed E-state index contributed by atoms with van der Waals surface area (Å²) < 4.78 is 5.36. The number of rotatable bonds is 8. The summed E-state index contributed by atoms with van der Waals surface area (Å²) in [6, 6.07) is 0. The van der Waals surface area contributed by atoms with E-state index < -0.39 is 5.60 Å². The largest absolute Gasteiger partial charge is 0.444 e. The van der Waals surface area contributed by atoms with Crippen molar-refractivity contribution in [2.75, 3.05) is 19.7 Å². The van der Waals surface area contributed by atoms with Crippen molar-refractivity contribution < 1.29 is 14.6 Å². The molecule has 0 saturated heterocycles. The molecular weight excluding hydrogens is 280 g/mol. The Kier molecular flexibility index (Phi) is 6.68. The van der Waals surface area contributed by atoms with Crippen molar-refractivity contribution in [3.05, 3.63) is 0 Å². The van der Waals surface area contributed by atoms with E-state index in [4.69, 9.17) is 4.74 Å². The van der Waals surface area contributed by atoms with E-state index in [1.54, 1.807) is 0 Å². The molecule has 1 fully saturated rings. The Balaban J connectivity index is 2.49. The van der Waals surface area contributed by atoms with E-state index in [9.17, 15) is 9.90 Å². The molecule has 1 saturated carbocycles. The molecule has 0 aromatic carbocycles. The third-order valence-corrected chi connectivity index (χ3v) is 4.88. The average molecular weight is 314 g/mol. The molecule has 1 aliphatic rings. The fraction of sp³-hybridized carbons (Fsp3) is 0.941. The third kappa shape index (κ3) is 5.43. The first-order valence-electron chi connectivity index (χ1n) is 8.52. The minimum absolute atomic E-state index is 0.0587. The number of hydrogen-bond acceptors (Lipinski definition) is 4. The first kappa shape index (κ1) is 19.2. The van der Waals surface area contributed by atoms with Gasteiger partial charge in [-0.1, -0.05) is 13.8 Å². The highest BCUT2D eigenvalue weighted by Gasteiger charge is 2.39. The van der Waals surface area contributed by atoms with Crippen LogP contribution in [0, 0.1) is 5.41 Å². The minimum Gasteiger partial charge on any atom is -0.444 e. The predicted octanol–water partition coefficient (Wildman–Crippen LogP) is 2.82. The van der Waals surface area contributed by atoms with E-state index in [2.05, 4.69) is 24.5 Å². The maximum atomic E-state index is 12.0. The molecule has 0 bridgehead atoms. The van der Waals surface area contributed by atoms with Gasteiger partial charge < -0.3 is 20.5 Å². The Labute approximate surface area is 135 Å². The van der Waals surface area contributed by atoms with Crippen LogP contribution in [0.15, 0.2) is 0 Å². The lowest BCUT2D eigenvalue weighted by atomic mass is 9.76. The Morgan fingerprint density at radius 3 is 2.18 bits per heavy atom. The monoisotopic (exact) mass is 314 g/mol. The summed E-state index contributed by atoms with van der Waals surface area (Å²) in [5.41, 5.74) is -0.721. The number of aliphatic hydroxyl groups excluding tert-OH is 1. The van der Waals surface area contributed by atoms with Gasteiger partial charge in [-0.25, -0.2) is 4.79 Å². The maximum absolute atomic E-state index is 12.0. The van der Waals surface area contributed by atoms with Crippen LogP contribution in [-0.2, 0) is 4.74 Å². The topological polar surface area (TPSA) is 70.6 Å². The Bertz CT molecular complexity index is 347. The molecule has 0 aliphatic heterocycles. The summed E-state index contributed by atoms with van der Waals surface area (Å²) in [7, 11) is 0. The number of hydrogen-bond donors (Lipinski definition) is 3. The van der Waals surface area contributed by atoms with Gasteiger partial charge in [-0.15, -0.1) is 0 Å². The van der Waals surface area contributed by atoms with Crippen LogP contribution in [0.4, 0.5) is 4.79 Å². The summed E-state index contributed by atoms with van der Waals surface area (Å²) in [5, 5.41) is 16.1. The highest BCUT2D eigenvalue weighted by atomic mass is 16.6. The first-order chi connectivity index (χ1) is 10.2. The fourth-order valence-corrected chi connectivity index (χ4v) is 2.82. The first-order valence-corrected chi connectivity index (χ1v) is 8.52. The van der Waals surface area contributed by atoms with Crippen molar-refractivity contribution in [2.24, 2.45) is 5.41 Å². The van der Waals surface area contributed by atoms with Crippen molar-refractivity contribution in [1.82, 2.24) is 10.6 Å². The second kappa shape index (κ2) is 7.64. The highest BCUT2D eigenvalue weighted by molar-refractivity contribution is 5.69. The van der Waals surface area contributed by atoms with Crippen LogP contribution >= 0.6 is 0 Å².